The summed E-state index contributed by atoms with van der Waals surface area (Å²) in [5, 5.41) is 0. The van der Waals surface area contributed by atoms with Crippen molar-refractivity contribution >= 4 is 5.91 Å². The van der Waals surface area contributed by atoms with Gasteiger partial charge in [0.1, 0.15) is 6.61 Å². The van der Waals surface area contributed by atoms with Crippen LogP contribution in [0.3, 0.4) is 0 Å². The van der Waals surface area contributed by atoms with Crippen molar-refractivity contribution in [1.82, 2.24) is 4.90 Å². The van der Waals surface area contributed by atoms with Crippen LogP contribution in [0.2, 0.25) is 0 Å². The third-order valence-corrected chi connectivity index (χ3v) is 3.08. The minimum Gasteiger partial charge on any atom is -0.369 e. The van der Waals surface area contributed by atoms with Crippen molar-refractivity contribution in [3.05, 3.63) is 0 Å². The third-order valence-electron chi connectivity index (χ3n) is 3.08. The molecule has 0 radical (unpaired) electrons. The second kappa shape index (κ2) is 6.07. The molecule has 0 aliphatic carbocycles. The van der Waals surface area contributed by atoms with Gasteiger partial charge in [0.25, 0.3) is 0 Å². The summed E-state index contributed by atoms with van der Waals surface area (Å²) in [6, 6.07) is 0. The van der Waals surface area contributed by atoms with E-state index in [9.17, 15) is 4.79 Å². The SMILES string of the molecule is C#CCOCC1CCN(C(=O)C(C)(C)C)CC1. The highest BCUT2D eigenvalue weighted by Crippen LogP contribution is 2.23. The third kappa shape index (κ3) is 4.40. The van der Waals surface area contributed by atoms with Gasteiger partial charge in [-0.05, 0) is 18.8 Å². The molecule has 1 amide bonds. The van der Waals surface area contributed by atoms with Gasteiger partial charge in [-0.15, -0.1) is 6.42 Å². The number of nitrogens with zero attached hydrogens (tertiary/aromatic N) is 1. The normalized spacial score (nSPS) is 17.9. The van der Waals surface area contributed by atoms with Gasteiger partial charge in [0.2, 0.25) is 5.91 Å². The number of likely N-dealkylation sites (tertiary alicyclic amines) is 1. The van der Waals surface area contributed by atoms with E-state index in [0.717, 1.165) is 32.5 Å². The molecule has 3 heteroatoms. The van der Waals surface area contributed by atoms with E-state index in [4.69, 9.17) is 11.2 Å². The van der Waals surface area contributed by atoms with E-state index in [1.807, 2.05) is 25.7 Å². The maximum absolute atomic E-state index is 12.1. The van der Waals surface area contributed by atoms with E-state index >= 15 is 0 Å². The summed E-state index contributed by atoms with van der Waals surface area (Å²) in [5.74, 6) is 3.27. The molecule has 0 aromatic rings. The highest BCUT2D eigenvalue weighted by Gasteiger charge is 2.30. The van der Waals surface area contributed by atoms with Crippen molar-refractivity contribution in [2.75, 3.05) is 26.3 Å². The number of carbonyl (C=O) groups excluding carboxylic acids is 1. The molecule has 1 fully saturated rings. The van der Waals surface area contributed by atoms with Crippen LogP contribution in [0.4, 0.5) is 0 Å². The first-order valence-corrected chi connectivity index (χ1v) is 6.25. The zero-order chi connectivity index (χ0) is 12.9. The van der Waals surface area contributed by atoms with Gasteiger partial charge in [0, 0.05) is 18.5 Å². The van der Waals surface area contributed by atoms with Gasteiger partial charge in [0.05, 0.1) is 6.61 Å². The predicted octanol–water partition coefficient (Wildman–Crippen LogP) is 1.92. The fraction of sp³-hybridized carbons (Fsp3) is 0.786. The van der Waals surface area contributed by atoms with E-state index in [-0.39, 0.29) is 11.3 Å². The number of carbonyl (C=O) groups is 1. The van der Waals surface area contributed by atoms with E-state index in [1.165, 1.54) is 0 Å². The molecule has 0 N–H and O–H groups in total. The van der Waals surface area contributed by atoms with Crippen LogP contribution in [0.25, 0.3) is 0 Å². The van der Waals surface area contributed by atoms with Crippen molar-refractivity contribution in [2.24, 2.45) is 11.3 Å². The Hall–Kier alpha value is -1.01. The zero-order valence-electron chi connectivity index (χ0n) is 11.2. The Labute approximate surface area is 105 Å². The molecule has 1 saturated heterocycles. The van der Waals surface area contributed by atoms with Gasteiger partial charge in [-0.2, -0.15) is 0 Å². The largest absolute Gasteiger partial charge is 0.369 e. The molecule has 17 heavy (non-hydrogen) atoms. The average molecular weight is 237 g/mol. The van der Waals surface area contributed by atoms with E-state index in [2.05, 4.69) is 5.92 Å². The number of piperidine rings is 1. The van der Waals surface area contributed by atoms with Gasteiger partial charge in [-0.1, -0.05) is 26.7 Å². The molecule has 1 rings (SSSR count). The van der Waals surface area contributed by atoms with Crippen LogP contribution >= 0.6 is 0 Å². The summed E-state index contributed by atoms with van der Waals surface area (Å²) >= 11 is 0. The average Bonchev–Trinajstić information content (AvgIpc) is 2.28. The van der Waals surface area contributed by atoms with Gasteiger partial charge in [-0.25, -0.2) is 0 Å². The predicted molar refractivity (Wildman–Crippen MR) is 68.4 cm³/mol. The summed E-state index contributed by atoms with van der Waals surface area (Å²) in [6.07, 6.45) is 7.17. The summed E-state index contributed by atoms with van der Waals surface area (Å²) < 4.78 is 5.35. The maximum Gasteiger partial charge on any atom is 0.227 e. The second-order valence-corrected chi connectivity index (χ2v) is 5.70. The lowest BCUT2D eigenvalue weighted by molar-refractivity contribution is -0.141. The van der Waals surface area contributed by atoms with Gasteiger partial charge in [0.15, 0.2) is 0 Å². The van der Waals surface area contributed by atoms with Crippen molar-refractivity contribution in [3.8, 4) is 12.3 Å². The van der Waals surface area contributed by atoms with Gasteiger partial charge < -0.3 is 9.64 Å². The number of hydrogen-bond acceptors (Lipinski definition) is 2. The Bertz CT molecular complexity index is 290. The molecular weight excluding hydrogens is 214 g/mol. The molecule has 0 aromatic heterocycles. The number of hydrogen-bond donors (Lipinski definition) is 0. The Morgan fingerprint density at radius 3 is 2.47 bits per heavy atom. The lowest BCUT2D eigenvalue weighted by Crippen LogP contribution is -2.44. The Balaban J connectivity index is 2.31. The summed E-state index contributed by atoms with van der Waals surface area (Å²) in [4.78, 5) is 14.0. The van der Waals surface area contributed by atoms with Gasteiger partial charge >= 0.3 is 0 Å². The molecule has 96 valence electrons. The van der Waals surface area contributed by atoms with E-state index in [0.29, 0.717) is 12.5 Å². The van der Waals surface area contributed by atoms with Crippen LogP contribution in [0, 0.1) is 23.7 Å². The number of ether oxygens (including phenoxy) is 1. The van der Waals surface area contributed by atoms with Crippen molar-refractivity contribution < 1.29 is 9.53 Å². The zero-order valence-corrected chi connectivity index (χ0v) is 11.2. The molecule has 1 aliphatic heterocycles. The minimum absolute atomic E-state index is 0.250. The maximum atomic E-state index is 12.1. The monoisotopic (exact) mass is 237 g/mol. The summed E-state index contributed by atoms with van der Waals surface area (Å²) in [5.41, 5.74) is -0.271. The first-order valence-electron chi connectivity index (χ1n) is 6.25. The highest BCUT2D eigenvalue weighted by molar-refractivity contribution is 5.81. The van der Waals surface area contributed by atoms with Crippen molar-refractivity contribution in [3.63, 3.8) is 0 Å². The standard InChI is InChI=1S/C14H23NO2/c1-5-10-17-11-12-6-8-15(9-7-12)13(16)14(2,3)4/h1,12H,6-11H2,2-4H3. The number of terminal acetylenes is 1. The van der Waals surface area contributed by atoms with Crippen molar-refractivity contribution in [1.29, 1.82) is 0 Å². The smallest absolute Gasteiger partial charge is 0.227 e. The Morgan fingerprint density at radius 1 is 1.41 bits per heavy atom. The second-order valence-electron chi connectivity index (χ2n) is 5.70. The minimum atomic E-state index is -0.271. The summed E-state index contributed by atoms with van der Waals surface area (Å²) in [6.45, 7) is 8.72. The van der Waals surface area contributed by atoms with Crippen LogP contribution in [0.1, 0.15) is 33.6 Å². The summed E-state index contributed by atoms with van der Waals surface area (Å²) in [7, 11) is 0. The quantitative estimate of drug-likeness (QED) is 0.554. The highest BCUT2D eigenvalue weighted by atomic mass is 16.5. The van der Waals surface area contributed by atoms with Crippen LogP contribution in [0.15, 0.2) is 0 Å². The molecule has 3 nitrogen and oxygen atoms in total. The molecule has 0 saturated carbocycles. The fourth-order valence-corrected chi connectivity index (χ4v) is 2.06. The fourth-order valence-electron chi connectivity index (χ4n) is 2.06. The molecule has 0 aromatic carbocycles. The number of amides is 1. The first-order chi connectivity index (χ1) is 7.95. The molecule has 1 heterocycles. The lowest BCUT2D eigenvalue weighted by Gasteiger charge is -2.35. The van der Waals surface area contributed by atoms with Crippen LogP contribution in [-0.2, 0) is 9.53 Å². The van der Waals surface area contributed by atoms with Crippen LogP contribution in [-0.4, -0.2) is 37.1 Å². The molecule has 0 atom stereocenters. The molecular formula is C14H23NO2. The van der Waals surface area contributed by atoms with Crippen LogP contribution in [0.5, 0.6) is 0 Å². The van der Waals surface area contributed by atoms with Crippen LogP contribution < -0.4 is 0 Å². The topological polar surface area (TPSA) is 29.5 Å². The molecule has 0 unspecified atom stereocenters. The molecule has 0 bridgehead atoms. The Morgan fingerprint density at radius 2 is 2.00 bits per heavy atom. The number of rotatable bonds is 3. The van der Waals surface area contributed by atoms with Crippen molar-refractivity contribution in [2.45, 2.75) is 33.6 Å². The Kier molecular flexibility index (Phi) is 5.02. The van der Waals surface area contributed by atoms with Gasteiger partial charge in [-0.3, -0.25) is 4.79 Å². The molecule has 0 spiro atoms. The first kappa shape index (κ1) is 14.1. The molecule has 1 aliphatic rings. The lowest BCUT2D eigenvalue weighted by atomic mass is 9.91. The van der Waals surface area contributed by atoms with E-state index < -0.39 is 0 Å². The van der Waals surface area contributed by atoms with E-state index in [1.54, 1.807) is 0 Å².